The van der Waals surface area contributed by atoms with Crippen LogP contribution in [0.1, 0.15) is 5.56 Å². The third kappa shape index (κ3) is 4.37. The molecule has 2 N–H and O–H groups in total. The number of carbonyl (C=O) groups excluding carboxylic acids is 1. The van der Waals surface area contributed by atoms with Crippen molar-refractivity contribution in [2.75, 3.05) is 11.9 Å². The van der Waals surface area contributed by atoms with Crippen molar-refractivity contribution in [3.8, 4) is 0 Å². The maximum Gasteiger partial charge on any atom is 0.241 e. The number of nitrogens with one attached hydrogen (secondary N) is 2. The van der Waals surface area contributed by atoms with E-state index >= 15 is 0 Å². The third-order valence-corrected chi connectivity index (χ3v) is 4.28. The molecule has 116 valence electrons. The summed E-state index contributed by atoms with van der Waals surface area (Å²) in [4.78, 5) is 11.8. The minimum atomic E-state index is -3.76. The summed E-state index contributed by atoms with van der Waals surface area (Å²) >= 11 is 0. The van der Waals surface area contributed by atoms with Gasteiger partial charge in [0.15, 0.2) is 0 Å². The lowest BCUT2D eigenvalue weighted by molar-refractivity contribution is -0.115. The van der Waals surface area contributed by atoms with Crippen LogP contribution in [0.2, 0.25) is 0 Å². The van der Waals surface area contributed by atoms with Gasteiger partial charge in [0, 0.05) is 5.69 Å². The smallest absolute Gasteiger partial charge is 0.241 e. The second-order valence-electron chi connectivity index (χ2n) is 4.70. The number of carbonyl (C=O) groups is 1. The van der Waals surface area contributed by atoms with E-state index in [0.717, 1.165) is 11.6 Å². The topological polar surface area (TPSA) is 75.3 Å². The molecule has 5 nitrogen and oxygen atoms in total. The summed E-state index contributed by atoms with van der Waals surface area (Å²) in [6.07, 6.45) is 0. The molecule has 0 bridgehead atoms. The predicted octanol–water partition coefficient (Wildman–Crippen LogP) is 2.05. The van der Waals surface area contributed by atoms with Gasteiger partial charge in [0.1, 0.15) is 5.82 Å². The largest absolute Gasteiger partial charge is 0.325 e. The molecule has 0 saturated heterocycles. The SMILES string of the molecule is Cc1ccc(S(=O)(=O)NCC(=O)Nc2cccc(F)c2)cc1. The van der Waals surface area contributed by atoms with E-state index in [0.29, 0.717) is 0 Å². The van der Waals surface area contributed by atoms with Crippen molar-refractivity contribution < 1.29 is 17.6 Å². The molecule has 2 aromatic rings. The van der Waals surface area contributed by atoms with Crippen LogP contribution in [0.4, 0.5) is 10.1 Å². The first kappa shape index (κ1) is 16.1. The molecule has 0 aliphatic heterocycles. The minimum absolute atomic E-state index is 0.0802. The molecule has 0 spiro atoms. The molecule has 0 atom stereocenters. The number of hydrogen-bond donors (Lipinski definition) is 2. The van der Waals surface area contributed by atoms with Crippen LogP contribution in [0.5, 0.6) is 0 Å². The van der Waals surface area contributed by atoms with Gasteiger partial charge in [-0.15, -0.1) is 0 Å². The van der Waals surface area contributed by atoms with E-state index in [1.165, 1.54) is 30.3 Å². The summed E-state index contributed by atoms with van der Waals surface area (Å²) in [6, 6.07) is 11.6. The Bertz CT molecular complexity index is 774. The zero-order valence-electron chi connectivity index (χ0n) is 11.8. The highest BCUT2D eigenvalue weighted by molar-refractivity contribution is 7.89. The molecule has 0 aliphatic carbocycles. The number of aryl methyl sites for hydroxylation is 1. The first-order valence-electron chi connectivity index (χ1n) is 6.48. The molecule has 2 rings (SSSR count). The van der Waals surface area contributed by atoms with Gasteiger partial charge in [0.25, 0.3) is 0 Å². The summed E-state index contributed by atoms with van der Waals surface area (Å²) in [5.74, 6) is -1.07. The summed E-state index contributed by atoms with van der Waals surface area (Å²) in [7, 11) is -3.76. The van der Waals surface area contributed by atoms with Crippen molar-refractivity contribution in [1.82, 2.24) is 4.72 Å². The minimum Gasteiger partial charge on any atom is -0.325 e. The summed E-state index contributed by atoms with van der Waals surface area (Å²) in [6.45, 7) is 1.41. The van der Waals surface area contributed by atoms with Crippen LogP contribution in [0.25, 0.3) is 0 Å². The normalized spacial score (nSPS) is 11.2. The average Bonchev–Trinajstić information content (AvgIpc) is 2.46. The molecule has 0 saturated carbocycles. The highest BCUT2D eigenvalue weighted by atomic mass is 32.2. The number of amides is 1. The second-order valence-corrected chi connectivity index (χ2v) is 6.46. The number of sulfonamides is 1. The monoisotopic (exact) mass is 322 g/mol. The van der Waals surface area contributed by atoms with Crippen molar-refractivity contribution in [1.29, 1.82) is 0 Å². The summed E-state index contributed by atoms with van der Waals surface area (Å²) in [5, 5.41) is 2.41. The molecular formula is C15H15FN2O3S. The fourth-order valence-corrected chi connectivity index (χ4v) is 2.71. The fraction of sp³-hybridized carbons (Fsp3) is 0.133. The lowest BCUT2D eigenvalue weighted by Gasteiger charge is -2.08. The quantitative estimate of drug-likeness (QED) is 0.884. The van der Waals surface area contributed by atoms with Crippen LogP contribution in [0.15, 0.2) is 53.4 Å². The number of anilines is 1. The Balaban J connectivity index is 1.97. The van der Waals surface area contributed by atoms with Gasteiger partial charge < -0.3 is 5.32 Å². The van der Waals surface area contributed by atoms with E-state index in [1.54, 1.807) is 12.1 Å². The second kappa shape index (κ2) is 6.67. The van der Waals surface area contributed by atoms with Crippen LogP contribution in [-0.2, 0) is 14.8 Å². The molecule has 0 heterocycles. The first-order chi connectivity index (χ1) is 10.4. The van der Waals surface area contributed by atoms with Crippen LogP contribution < -0.4 is 10.0 Å². The Kier molecular flexibility index (Phi) is 4.89. The lowest BCUT2D eigenvalue weighted by atomic mass is 10.2. The van der Waals surface area contributed by atoms with Gasteiger partial charge in [-0.25, -0.2) is 17.5 Å². The first-order valence-corrected chi connectivity index (χ1v) is 7.97. The standard InChI is InChI=1S/C15H15FN2O3S/c1-11-5-7-14(8-6-11)22(20,21)17-10-15(19)18-13-4-2-3-12(16)9-13/h2-9,17H,10H2,1H3,(H,18,19). The highest BCUT2D eigenvalue weighted by Gasteiger charge is 2.15. The van der Waals surface area contributed by atoms with Crippen molar-refractivity contribution >= 4 is 21.6 Å². The van der Waals surface area contributed by atoms with E-state index in [9.17, 15) is 17.6 Å². The van der Waals surface area contributed by atoms with Crippen molar-refractivity contribution in [3.63, 3.8) is 0 Å². The van der Waals surface area contributed by atoms with E-state index in [1.807, 2.05) is 6.92 Å². The molecule has 22 heavy (non-hydrogen) atoms. The molecule has 0 aliphatic rings. The number of halogens is 1. The van der Waals surface area contributed by atoms with Crippen molar-refractivity contribution in [2.24, 2.45) is 0 Å². The average molecular weight is 322 g/mol. The van der Waals surface area contributed by atoms with E-state index < -0.39 is 28.3 Å². The number of hydrogen-bond acceptors (Lipinski definition) is 3. The summed E-state index contributed by atoms with van der Waals surface area (Å²) < 4.78 is 39.2. The molecule has 0 aromatic heterocycles. The Labute approximate surface area is 128 Å². The molecular weight excluding hydrogens is 307 g/mol. The Morgan fingerprint density at radius 1 is 1.14 bits per heavy atom. The highest BCUT2D eigenvalue weighted by Crippen LogP contribution is 2.10. The van der Waals surface area contributed by atoms with Crippen LogP contribution in [0.3, 0.4) is 0 Å². The van der Waals surface area contributed by atoms with E-state index in [4.69, 9.17) is 0 Å². The van der Waals surface area contributed by atoms with Gasteiger partial charge in [-0.05, 0) is 37.3 Å². The van der Waals surface area contributed by atoms with Gasteiger partial charge >= 0.3 is 0 Å². The third-order valence-electron chi connectivity index (χ3n) is 2.86. The van der Waals surface area contributed by atoms with Gasteiger partial charge in [0.2, 0.25) is 15.9 Å². The molecule has 2 aromatic carbocycles. The Morgan fingerprint density at radius 2 is 1.82 bits per heavy atom. The van der Waals surface area contributed by atoms with Crippen molar-refractivity contribution in [2.45, 2.75) is 11.8 Å². The van der Waals surface area contributed by atoms with E-state index in [-0.39, 0.29) is 10.6 Å². The maximum atomic E-state index is 13.0. The molecule has 1 amide bonds. The van der Waals surface area contributed by atoms with Crippen LogP contribution in [0, 0.1) is 12.7 Å². The van der Waals surface area contributed by atoms with Gasteiger partial charge in [-0.3, -0.25) is 4.79 Å². The fourth-order valence-electron chi connectivity index (χ4n) is 1.73. The zero-order chi connectivity index (χ0) is 16.2. The van der Waals surface area contributed by atoms with Gasteiger partial charge in [-0.2, -0.15) is 0 Å². The molecule has 0 fully saturated rings. The predicted molar refractivity (Wildman–Crippen MR) is 81.4 cm³/mol. The zero-order valence-corrected chi connectivity index (χ0v) is 12.7. The lowest BCUT2D eigenvalue weighted by Crippen LogP contribution is -2.32. The summed E-state index contributed by atoms with van der Waals surface area (Å²) in [5.41, 5.74) is 1.20. The number of rotatable bonds is 5. The Morgan fingerprint density at radius 3 is 2.45 bits per heavy atom. The van der Waals surface area contributed by atoms with Gasteiger partial charge in [0.05, 0.1) is 11.4 Å². The Hall–Kier alpha value is -2.25. The maximum absolute atomic E-state index is 13.0. The van der Waals surface area contributed by atoms with Crippen LogP contribution >= 0.6 is 0 Å². The molecule has 0 radical (unpaired) electrons. The molecule has 7 heteroatoms. The van der Waals surface area contributed by atoms with Crippen LogP contribution in [-0.4, -0.2) is 20.9 Å². The van der Waals surface area contributed by atoms with E-state index in [2.05, 4.69) is 10.0 Å². The van der Waals surface area contributed by atoms with Crippen molar-refractivity contribution in [3.05, 3.63) is 59.9 Å². The molecule has 0 unspecified atom stereocenters. The van der Waals surface area contributed by atoms with Gasteiger partial charge in [-0.1, -0.05) is 23.8 Å². The number of benzene rings is 2.